The summed E-state index contributed by atoms with van der Waals surface area (Å²) < 4.78 is 5.34. The van der Waals surface area contributed by atoms with Crippen molar-refractivity contribution in [1.82, 2.24) is 5.32 Å². The molecule has 0 unspecified atom stereocenters. The zero-order valence-electron chi connectivity index (χ0n) is 13.2. The summed E-state index contributed by atoms with van der Waals surface area (Å²) in [5.74, 6) is -1.20. The maximum Gasteiger partial charge on any atom is 0.339 e. The van der Waals surface area contributed by atoms with Crippen LogP contribution < -0.4 is 5.32 Å². The predicted molar refractivity (Wildman–Crippen MR) is 87.7 cm³/mol. The molecule has 3 rings (SSSR count). The summed E-state index contributed by atoms with van der Waals surface area (Å²) in [6, 6.07) is 15.8. The van der Waals surface area contributed by atoms with Crippen molar-refractivity contribution in [3.63, 3.8) is 0 Å². The molecule has 1 aliphatic heterocycles. The number of benzene rings is 2. The Kier molecular flexibility index (Phi) is 4.16. The molecule has 2 aromatic rings. The van der Waals surface area contributed by atoms with E-state index in [9.17, 15) is 14.4 Å². The predicted octanol–water partition coefficient (Wildman–Crippen LogP) is 2.16. The summed E-state index contributed by atoms with van der Waals surface area (Å²) >= 11 is 0. The molecular formula is C19H17NO4. The molecule has 0 bridgehead atoms. The lowest BCUT2D eigenvalue weighted by Gasteiger charge is -2.32. The van der Waals surface area contributed by atoms with Crippen molar-refractivity contribution < 1.29 is 19.1 Å². The molecule has 0 aromatic heterocycles. The third-order valence-corrected chi connectivity index (χ3v) is 4.07. The normalized spacial score (nSPS) is 19.1. The summed E-state index contributed by atoms with van der Waals surface area (Å²) in [7, 11) is 0. The van der Waals surface area contributed by atoms with Gasteiger partial charge >= 0.3 is 5.97 Å². The number of carbonyl (C=O) groups is 3. The number of fused-ring (bicyclic) bond motifs is 1. The molecule has 0 spiro atoms. The fourth-order valence-corrected chi connectivity index (χ4v) is 2.73. The van der Waals surface area contributed by atoms with E-state index in [0.717, 1.165) is 5.56 Å². The van der Waals surface area contributed by atoms with Gasteiger partial charge in [-0.15, -0.1) is 0 Å². The third kappa shape index (κ3) is 3.06. The molecule has 0 saturated carbocycles. The van der Waals surface area contributed by atoms with Gasteiger partial charge in [-0.3, -0.25) is 9.59 Å². The van der Waals surface area contributed by atoms with Gasteiger partial charge in [0.15, 0.2) is 11.4 Å². The fraction of sp³-hybridized carbons (Fsp3) is 0.211. The van der Waals surface area contributed by atoms with Gasteiger partial charge in [-0.1, -0.05) is 48.5 Å². The molecule has 1 amide bonds. The number of Topliss-reactive ketones (excluding diaryl/α,β-unsaturated/α-hetero) is 1. The van der Waals surface area contributed by atoms with Crippen molar-refractivity contribution >= 4 is 17.7 Å². The van der Waals surface area contributed by atoms with Gasteiger partial charge in [0.05, 0.1) is 12.1 Å². The van der Waals surface area contributed by atoms with E-state index in [1.54, 1.807) is 49.4 Å². The highest BCUT2D eigenvalue weighted by Gasteiger charge is 2.42. The van der Waals surface area contributed by atoms with Crippen molar-refractivity contribution in [3.8, 4) is 0 Å². The Morgan fingerprint density at radius 3 is 2.50 bits per heavy atom. The Hall–Kier alpha value is -2.95. The molecule has 5 heteroatoms. The number of nitrogens with one attached hydrogen (secondary N) is 1. The average Bonchev–Trinajstić information content (AvgIpc) is 2.60. The standard InChI is InChI=1S/C19H17NO4/c1-19(11-14-9-5-6-10-15(14)17(22)24-19)18(23)20-12-16(21)13-7-3-2-4-8-13/h2-10H,11-12H2,1H3,(H,20,23)/t19-/m1/s1. The highest BCUT2D eigenvalue weighted by Crippen LogP contribution is 2.28. The van der Waals surface area contributed by atoms with Gasteiger partial charge < -0.3 is 10.1 Å². The molecule has 0 fully saturated rings. The van der Waals surface area contributed by atoms with Crippen LogP contribution in [0.3, 0.4) is 0 Å². The molecule has 2 aromatic carbocycles. The van der Waals surface area contributed by atoms with E-state index in [4.69, 9.17) is 4.74 Å². The first-order valence-electron chi connectivity index (χ1n) is 7.67. The van der Waals surface area contributed by atoms with Crippen molar-refractivity contribution in [1.29, 1.82) is 0 Å². The van der Waals surface area contributed by atoms with Gasteiger partial charge in [0, 0.05) is 12.0 Å². The van der Waals surface area contributed by atoms with Gasteiger partial charge in [0.1, 0.15) is 0 Å². The molecule has 5 nitrogen and oxygen atoms in total. The first-order valence-corrected chi connectivity index (χ1v) is 7.67. The van der Waals surface area contributed by atoms with Crippen LogP contribution in [0.2, 0.25) is 0 Å². The Balaban J connectivity index is 1.69. The van der Waals surface area contributed by atoms with E-state index in [0.29, 0.717) is 11.1 Å². The van der Waals surface area contributed by atoms with E-state index in [2.05, 4.69) is 5.32 Å². The minimum atomic E-state index is -1.32. The van der Waals surface area contributed by atoms with Crippen molar-refractivity contribution in [3.05, 3.63) is 71.3 Å². The molecule has 24 heavy (non-hydrogen) atoms. The van der Waals surface area contributed by atoms with E-state index in [1.165, 1.54) is 0 Å². The van der Waals surface area contributed by atoms with Crippen molar-refractivity contribution in [2.45, 2.75) is 18.9 Å². The monoisotopic (exact) mass is 323 g/mol. The molecule has 0 saturated heterocycles. The highest BCUT2D eigenvalue weighted by atomic mass is 16.6. The second-order valence-corrected chi connectivity index (χ2v) is 5.93. The smallest absolute Gasteiger partial charge is 0.339 e. The summed E-state index contributed by atoms with van der Waals surface area (Å²) in [5.41, 5.74) is 0.445. The Morgan fingerprint density at radius 2 is 1.75 bits per heavy atom. The van der Waals surface area contributed by atoms with Gasteiger partial charge in [0.25, 0.3) is 5.91 Å². The van der Waals surface area contributed by atoms with Gasteiger partial charge in [-0.05, 0) is 18.6 Å². The summed E-state index contributed by atoms with van der Waals surface area (Å²) in [6.07, 6.45) is 0.278. The summed E-state index contributed by atoms with van der Waals surface area (Å²) in [6.45, 7) is 1.42. The van der Waals surface area contributed by atoms with E-state index >= 15 is 0 Å². The number of ketones is 1. The zero-order valence-corrected chi connectivity index (χ0v) is 13.2. The summed E-state index contributed by atoms with van der Waals surface area (Å²) in [4.78, 5) is 36.6. The Labute approximate surface area is 139 Å². The number of esters is 1. The molecule has 1 atom stereocenters. The van der Waals surface area contributed by atoms with Crippen LogP contribution in [0.4, 0.5) is 0 Å². The Morgan fingerprint density at radius 1 is 1.08 bits per heavy atom. The molecule has 0 radical (unpaired) electrons. The minimum absolute atomic E-state index is 0.141. The van der Waals surface area contributed by atoms with Crippen LogP contribution in [0.15, 0.2) is 54.6 Å². The lowest BCUT2D eigenvalue weighted by Crippen LogP contribution is -2.52. The number of amides is 1. The maximum atomic E-state index is 12.5. The molecule has 0 aliphatic carbocycles. The molecule has 1 heterocycles. The number of carbonyl (C=O) groups excluding carboxylic acids is 3. The SMILES string of the molecule is C[C@]1(C(=O)NCC(=O)c2ccccc2)Cc2ccccc2C(=O)O1. The third-order valence-electron chi connectivity index (χ3n) is 4.07. The van der Waals surface area contributed by atoms with E-state index < -0.39 is 17.5 Å². The zero-order chi connectivity index (χ0) is 17.2. The van der Waals surface area contributed by atoms with Gasteiger partial charge in [-0.2, -0.15) is 0 Å². The molecule has 122 valence electrons. The highest BCUT2D eigenvalue weighted by molar-refractivity contribution is 6.01. The van der Waals surface area contributed by atoms with E-state index in [-0.39, 0.29) is 18.7 Å². The fourth-order valence-electron chi connectivity index (χ4n) is 2.73. The van der Waals surface area contributed by atoms with E-state index in [1.807, 2.05) is 12.1 Å². The second-order valence-electron chi connectivity index (χ2n) is 5.93. The van der Waals surface area contributed by atoms with Crippen LogP contribution in [0.25, 0.3) is 0 Å². The molecule has 1 N–H and O–H groups in total. The quantitative estimate of drug-likeness (QED) is 0.691. The van der Waals surface area contributed by atoms with Crippen LogP contribution in [0, 0.1) is 0 Å². The topological polar surface area (TPSA) is 72.5 Å². The maximum absolute atomic E-state index is 12.5. The molecular weight excluding hydrogens is 306 g/mol. The van der Waals surface area contributed by atoms with Gasteiger partial charge in [0.2, 0.25) is 0 Å². The number of rotatable bonds is 4. The largest absolute Gasteiger partial charge is 0.445 e. The number of hydrogen-bond donors (Lipinski definition) is 1. The average molecular weight is 323 g/mol. The first-order chi connectivity index (χ1) is 11.5. The summed E-state index contributed by atoms with van der Waals surface area (Å²) in [5, 5.41) is 2.58. The first kappa shape index (κ1) is 15.9. The number of cyclic esters (lactones) is 1. The lowest BCUT2D eigenvalue weighted by atomic mass is 9.89. The van der Waals surface area contributed by atoms with Crippen molar-refractivity contribution in [2.75, 3.05) is 6.54 Å². The minimum Gasteiger partial charge on any atom is -0.445 e. The Bertz CT molecular complexity index is 800. The molecule has 1 aliphatic rings. The second kappa shape index (κ2) is 6.28. The number of ether oxygens (including phenoxy) is 1. The van der Waals surface area contributed by atoms with Crippen LogP contribution in [-0.2, 0) is 16.0 Å². The van der Waals surface area contributed by atoms with Crippen LogP contribution in [0.5, 0.6) is 0 Å². The van der Waals surface area contributed by atoms with Crippen LogP contribution >= 0.6 is 0 Å². The van der Waals surface area contributed by atoms with Gasteiger partial charge in [-0.25, -0.2) is 4.79 Å². The lowest BCUT2D eigenvalue weighted by molar-refractivity contribution is -0.139. The number of hydrogen-bond acceptors (Lipinski definition) is 4. The van der Waals surface area contributed by atoms with Crippen LogP contribution in [0.1, 0.15) is 33.2 Å². The van der Waals surface area contributed by atoms with Crippen molar-refractivity contribution in [2.24, 2.45) is 0 Å². The van der Waals surface area contributed by atoms with Crippen LogP contribution in [-0.4, -0.2) is 29.8 Å².